The van der Waals surface area contributed by atoms with E-state index in [1.54, 1.807) is 0 Å². The van der Waals surface area contributed by atoms with Crippen molar-refractivity contribution in [2.24, 2.45) is 10.7 Å². The van der Waals surface area contributed by atoms with Crippen LogP contribution in [0.2, 0.25) is 0 Å². The van der Waals surface area contributed by atoms with Gasteiger partial charge in [-0.15, -0.1) is 0 Å². The Balaban J connectivity index is 1.58. The molecular weight excluding hydrogens is 284 g/mol. The molecule has 2 aliphatic rings. The van der Waals surface area contributed by atoms with Gasteiger partial charge in [0.1, 0.15) is 0 Å². The van der Waals surface area contributed by atoms with Crippen LogP contribution >= 0.6 is 0 Å². The highest BCUT2D eigenvalue weighted by Gasteiger charge is 2.14. The van der Waals surface area contributed by atoms with Gasteiger partial charge in [-0.25, -0.2) is 4.99 Å². The Morgan fingerprint density at radius 3 is 2.78 bits per heavy atom. The van der Waals surface area contributed by atoms with Crippen molar-refractivity contribution < 1.29 is 0 Å². The lowest BCUT2D eigenvalue weighted by molar-refractivity contribution is 0.530. The smallest absolute Gasteiger partial charge is 0.189 e. The summed E-state index contributed by atoms with van der Waals surface area (Å²) >= 11 is 0. The average molecular weight is 314 g/mol. The first kappa shape index (κ1) is 16.2. The van der Waals surface area contributed by atoms with Gasteiger partial charge in [-0.05, 0) is 42.9 Å². The number of aliphatic imine (C=N–C) groups is 1. The number of hydrogen-bond acceptors (Lipinski definition) is 2. The number of nitrogens with one attached hydrogen (secondary N) is 1. The lowest BCUT2D eigenvalue weighted by atomic mass is 10.00. The first-order chi connectivity index (χ1) is 11.2. The number of rotatable bonds is 3. The molecule has 0 atom stereocenters. The molecule has 0 radical (unpaired) electrons. The summed E-state index contributed by atoms with van der Waals surface area (Å²) in [6, 6.07) is 7.23. The monoisotopic (exact) mass is 314 g/mol. The van der Waals surface area contributed by atoms with Gasteiger partial charge in [-0.3, -0.25) is 0 Å². The van der Waals surface area contributed by atoms with E-state index in [-0.39, 0.29) is 0 Å². The van der Waals surface area contributed by atoms with E-state index >= 15 is 0 Å². The second-order valence-electron chi connectivity index (χ2n) is 7.02. The largest absolute Gasteiger partial charge is 0.374 e. The minimum Gasteiger partial charge on any atom is -0.374 e. The van der Waals surface area contributed by atoms with Crippen LogP contribution in [0.15, 0.2) is 23.2 Å². The van der Waals surface area contributed by atoms with Crippen molar-refractivity contribution in [3.05, 3.63) is 29.3 Å². The topological polar surface area (TPSA) is 53.6 Å². The van der Waals surface area contributed by atoms with Crippen molar-refractivity contribution in [1.82, 2.24) is 5.32 Å². The van der Waals surface area contributed by atoms with E-state index in [1.807, 2.05) is 0 Å². The van der Waals surface area contributed by atoms with Crippen molar-refractivity contribution in [3.8, 4) is 0 Å². The van der Waals surface area contributed by atoms with Crippen molar-refractivity contribution in [3.63, 3.8) is 0 Å². The summed E-state index contributed by atoms with van der Waals surface area (Å²) in [6.45, 7) is 1.82. The SMILES string of the molecule is CN1CCCc2cc(CN=C(N)NC3CCCCCC3)ccc21. The fourth-order valence-electron chi connectivity index (χ4n) is 3.79. The Bertz CT molecular complexity index is 544. The lowest BCUT2D eigenvalue weighted by Crippen LogP contribution is -2.39. The third kappa shape index (κ3) is 4.40. The zero-order chi connectivity index (χ0) is 16.1. The van der Waals surface area contributed by atoms with Crippen LogP contribution in [0.25, 0.3) is 0 Å². The van der Waals surface area contributed by atoms with Gasteiger partial charge in [0.2, 0.25) is 0 Å². The van der Waals surface area contributed by atoms with Gasteiger partial charge in [0.05, 0.1) is 6.54 Å². The van der Waals surface area contributed by atoms with Crippen LogP contribution in [0.1, 0.15) is 56.1 Å². The number of aryl methyl sites for hydroxylation is 1. The van der Waals surface area contributed by atoms with Gasteiger partial charge in [0.25, 0.3) is 0 Å². The maximum atomic E-state index is 6.09. The lowest BCUT2D eigenvalue weighted by Gasteiger charge is -2.27. The van der Waals surface area contributed by atoms with Gasteiger partial charge < -0.3 is 16.0 Å². The van der Waals surface area contributed by atoms with Gasteiger partial charge in [-0.2, -0.15) is 0 Å². The second-order valence-corrected chi connectivity index (χ2v) is 7.02. The molecule has 23 heavy (non-hydrogen) atoms. The molecule has 126 valence electrons. The van der Waals surface area contributed by atoms with Crippen LogP contribution in [0.5, 0.6) is 0 Å². The van der Waals surface area contributed by atoms with Gasteiger partial charge in [-0.1, -0.05) is 37.8 Å². The zero-order valence-corrected chi connectivity index (χ0v) is 14.4. The van der Waals surface area contributed by atoms with Crippen LogP contribution < -0.4 is 16.0 Å². The molecule has 3 N–H and O–H groups in total. The number of anilines is 1. The van der Waals surface area contributed by atoms with Crippen LogP contribution in [0, 0.1) is 0 Å². The normalized spacial score (nSPS) is 20.0. The van der Waals surface area contributed by atoms with Crippen molar-refractivity contribution in [1.29, 1.82) is 0 Å². The molecule has 0 spiro atoms. The molecule has 0 aromatic heterocycles. The van der Waals surface area contributed by atoms with E-state index in [1.165, 1.54) is 68.2 Å². The summed E-state index contributed by atoms with van der Waals surface area (Å²) in [7, 11) is 2.17. The molecule has 0 unspecified atom stereocenters. The van der Waals surface area contributed by atoms with E-state index in [9.17, 15) is 0 Å². The number of guanidine groups is 1. The third-order valence-corrected chi connectivity index (χ3v) is 5.13. The van der Waals surface area contributed by atoms with E-state index in [0.29, 0.717) is 18.5 Å². The first-order valence-corrected chi connectivity index (χ1v) is 9.12. The molecule has 4 nitrogen and oxygen atoms in total. The molecule has 0 bridgehead atoms. The Morgan fingerprint density at radius 1 is 1.22 bits per heavy atom. The van der Waals surface area contributed by atoms with Crippen LogP contribution in [0.4, 0.5) is 5.69 Å². The van der Waals surface area contributed by atoms with Gasteiger partial charge in [0.15, 0.2) is 5.96 Å². The quantitative estimate of drug-likeness (QED) is 0.512. The number of benzene rings is 1. The molecule has 0 amide bonds. The Labute approximate surface area is 140 Å². The van der Waals surface area contributed by atoms with Crippen molar-refractivity contribution in [2.75, 3.05) is 18.5 Å². The zero-order valence-electron chi connectivity index (χ0n) is 14.4. The predicted molar refractivity (Wildman–Crippen MR) is 98.0 cm³/mol. The molecule has 1 heterocycles. The molecular formula is C19H30N4. The second kappa shape index (κ2) is 7.71. The maximum Gasteiger partial charge on any atom is 0.189 e. The van der Waals surface area contributed by atoms with Crippen molar-refractivity contribution >= 4 is 11.6 Å². The third-order valence-electron chi connectivity index (χ3n) is 5.13. The highest BCUT2D eigenvalue weighted by Crippen LogP contribution is 2.27. The van der Waals surface area contributed by atoms with E-state index in [2.05, 4.69) is 40.5 Å². The van der Waals surface area contributed by atoms with Gasteiger partial charge in [0, 0.05) is 25.3 Å². The summed E-state index contributed by atoms with van der Waals surface area (Å²) in [5, 5.41) is 3.42. The molecule has 1 aliphatic carbocycles. The summed E-state index contributed by atoms with van der Waals surface area (Å²) in [4.78, 5) is 6.90. The minimum absolute atomic E-state index is 0.512. The fraction of sp³-hybridized carbons (Fsp3) is 0.632. The molecule has 1 fully saturated rings. The summed E-state index contributed by atoms with van der Waals surface area (Å²) < 4.78 is 0. The van der Waals surface area contributed by atoms with E-state index < -0.39 is 0 Å². The van der Waals surface area contributed by atoms with Crippen LogP contribution in [0.3, 0.4) is 0 Å². The molecule has 1 aromatic carbocycles. The highest BCUT2D eigenvalue weighted by atomic mass is 15.1. The number of nitrogens with two attached hydrogens (primary N) is 1. The molecule has 1 aromatic rings. The Hall–Kier alpha value is -1.71. The Kier molecular flexibility index (Phi) is 5.42. The van der Waals surface area contributed by atoms with Gasteiger partial charge >= 0.3 is 0 Å². The molecule has 1 saturated carbocycles. The van der Waals surface area contributed by atoms with Crippen LogP contribution in [-0.4, -0.2) is 25.6 Å². The molecule has 1 aliphatic heterocycles. The summed E-state index contributed by atoms with van der Waals surface area (Å²) in [6.07, 6.45) is 10.2. The predicted octanol–water partition coefficient (Wildman–Crippen LogP) is 3.20. The van der Waals surface area contributed by atoms with E-state index in [0.717, 1.165) is 6.54 Å². The maximum absolute atomic E-state index is 6.09. The molecule has 4 heteroatoms. The van der Waals surface area contributed by atoms with Crippen LogP contribution in [-0.2, 0) is 13.0 Å². The molecule has 3 rings (SSSR count). The fourth-order valence-corrected chi connectivity index (χ4v) is 3.79. The Morgan fingerprint density at radius 2 is 2.00 bits per heavy atom. The molecule has 0 saturated heterocycles. The number of hydrogen-bond donors (Lipinski definition) is 2. The highest BCUT2D eigenvalue weighted by molar-refractivity contribution is 5.78. The minimum atomic E-state index is 0.512. The van der Waals surface area contributed by atoms with E-state index in [4.69, 9.17) is 5.73 Å². The van der Waals surface area contributed by atoms with Crippen molar-refractivity contribution in [2.45, 2.75) is 64.0 Å². The number of fused-ring (bicyclic) bond motifs is 1. The first-order valence-electron chi connectivity index (χ1n) is 9.12. The summed E-state index contributed by atoms with van der Waals surface area (Å²) in [5.74, 6) is 0.603. The summed E-state index contributed by atoms with van der Waals surface area (Å²) in [5.41, 5.74) is 10.2. The standard InChI is InChI=1S/C19H30N4/c1-23-12-6-7-16-13-15(10-11-18(16)23)14-21-19(20)22-17-8-4-2-3-5-9-17/h10-11,13,17H,2-9,12,14H2,1H3,(H3,20,21,22). The number of nitrogens with zero attached hydrogens (tertiary/aromatic N) is 2. The average Bonchev–Trinajstić information content (AvgIpc) is 2.82.